The molecule has 0 heterocycles. The molecule has 3 heteroatoms. The van der Waals surface area contributed by atoms with Crippen molar-refractivity contribution < 1.29 is 4.79 Å². The maximum Gasteiger partial charge on any atom is 0.157 e. The van der Waals surface area contributed by atoms with E-state index in [1.807, 2.05) is 24.3 Å². The molecule has 0 radical (unpaired) electrons. The van der Waals surface area contributed by atoms with Crippen LogP contribution in [0, 0.1) is 0 Å². The predicted octanol–water partition coefficient (Wildman–Crippen LogP) is 3.11. The molecule has 1 aliphatic carbocycles. The number of benzene rings is 1. The molecule has 0 saturated heterocycles. The fourth-order valence-electron chi connectivity index (χ4n) is 1.43. The van der Waals surface area contributed by atoms with Gasteiger partial charge in [-0.3, -0.25) is 4.79 Å². The predicted molar refractivity (Wildman–Crippen MR) is 60.1 cm³/mol. The molecule has 0 amide bonds. The zero-order chi connectivity index (χ0) is 9.97. The van der Waals surface area contributed by atoms with Crippen molar-refractivity contribution in [2.45, 2.75) is 12.8 Å². The van der Waals surface area contributed by atoms with E-state index in [2.05, 4.69) is 21.2 Å². The maximum atomic E-state index is 11.0. The molecule has 0 aliphatic heterocycles. The van der Waals surface area contributed by atoms with Crippen LogP contribution in [-0.4, -0.2) is 5.78 Å². The Balaban J connectivity index is 2.15. The summed E-state index contributed by atoms with van der Waals surface area (Å²) in [5, 5.41) is 3.23. The van der Waals surface area contributed by atoms with E-state index in [9.17, 15) is 4.79 Å². The van der Waals surface area contributed by atoms with Gasteiger partial charge in [0.15, 0.2) is 5.78 Å². The average molecular weight is 252 g/mol. The number of rotatable bonds is 2. The Hall–Kier alpha value is -1.09. The monoisotopic (exact) mass is 251 g/mol. The Kier molecular flexibility index (Phi) is 2.68. The molecular weight excluding hydrogens is 242 g/mol. The molecule has 0 atom stereocenters. The summed E-state index contributed by atoms with van der Waals surface area (Å²) in [6, 6.07) is 7.88. The van der Waals surface area contributed by atoms with Crippen LogP contribution in [0.3, 0.4) is 0 Å². The third-order valence-corrected chi connectivity index (χ3v) is 2.84. The zero-order valence-electron chi connectivity index (χ0n) is 7.59. The van der Waals surface area contributed by atoms with Crippen molar-refractivity contribution in [1.29, 1.82) is 0 Å². The number of anilines is 1. The number of hydrogen-bond donors (Lipinski definition) is 1. The third kappa shape index (κ3) is 2.04. The van der Waals surface area contributed by atoms with Crippen LogP contribution in [0.5, 0.6) is 0 Å². The van der Waals surface area contributed by atoms with Crippen LogP contribution in [0.25, 0.3) is 0 Å². The van der Waals surface area contributed by atoms with E-state index in [1.165, 1.54) is 0 Å². The van der Waals surface area contributed by atoms with Crippen molar-refractivity contribution in [1.82, 2.24) is 0 Å². The van der Waals surface area contributed by atoms with Crippen LogP contribution in [0.1, 0.15) is 12.8 Å². The van der Waals surface area contributed by atoms with Gasteiger partial charge in [-0.2, -0.15) is 0 Å². The fraction of sp³-hybridized carbons (Fsp3) is 0.182. The molecular formula is C11H10BrNO. The van der Waals surface area contributed by atoms with Crippen molar-refractivity contribution in [3.63, 3.8) is 0 Å². The summed E-state index contributed by atoms with van der Waals surface area (Å²) in [6.07, 6.45) is 3.13. The first kappa shape index (κ1) is 9.46. The highest BCUT2D eigenvalue weighted by Gasteiger charge is 2.12. The van der Waals surface area contributed by atoms with Gasteiger partial charge in [-0.15, -0.1) is 0 Å². The van der Waals surface area contributed by atoms with E-state index >= 15 is 0 Å². The van der Waals surface area contributed by atoms with E-state index in [0.717, 1.165) is 22.3 Å². The Morgan fingerprint density at radius 1 is 1.21 bits per heavy atom. The topological polar surface area (TPSA) is 29.1 Å². The van der Waals surface area contributed by atoms with Crippen molar-refractivity contribution >= 4 is 27.4 Å². The summed E-state index contributed by atoms with van der Waals surface area (Å²) < 4.78 is 1.01. The molecule has 0 fully saturated rings. The fourth-order valence-corrected chi connectivity index (χ4v) is 1.81. The van der Waals surface area contributed by atoms with Gasteiger partial charge in [0.1, 0.15) is 0 Å². The summed E-state index contributed by atoms with van der Waals surface area (Å²) in [5.74, 6) is 0.208. The number of halogens is 1. The van der Waals surface area contributed by atoms with E-state index in [-0.39, 0.29) is 5.78 Å². The van der Waals surface area contributed by atoms with E-state index in [0.29, 0.717) is 6.42 Å². The number of hydrogen-bond acceptors (Lipinski definition) is 2. The molecule has 1 aliphatic rings. The minimum absolute atomic E-state index is 0.208. The molecule has 14 heavy (non-hydrogen) atoms. The molecule has 2 rings (SSSR count). The number of carbonyl (C=O) groups excluding carboxylic acids is 1. The van der Waals surface area contributed by atoms with Crippen LogP contribution < -0.4 is 5.32 Å². The first-order valence-electron chi connectivity index (χ1n) is 4.50. The highest BCUT2D eigenvalue weighted by atomic mass is 79.9. The molecule has 1 aromatic rings. The lowest BCUT2D eigenvalue weighted by atomic mass is 10.3. The quantitative estimate of drug-likeness (QED) is 0.876. The van der Waals surface area contributed by atoms with E-state index in [1.54, 1.807) is 6.08 Å². The first-order chi connectivity index (χ1) is 6.75. The largest absolute Gasteiger partial charge is 0.358 e. The summed E-state index contributed by atoms with van der Waals surface area (Å²) in [7, 11) is 0. The van der Waals surface area contributed by atoms with Gasteiger partial charge in [0.25, 0.3) is 0 Å². The molecule has 1 N–H and O–H groups in total. The highest BCUT2D eigenvalue weighted by Crippen LogP contribution is 2.25. The standard InChI is InChI=1S/C11H10BrNO/c12-10-3-1-2-4-11(10)13-8-5-6-9(14)7-8/h1-4,7,13H,5-6H2. The lowest BCUT2D eigenvalue weighted by Crippen LogP contribution is -1.96. The van der Waals surface area contributed by atoms with Gasteiger partial charge in [-0.1, -0.05) is 12.1 Å². The van der Waals surface area contributed by atoms with Gasteiger partial charge >= 0.3 is 0 Å². The van der Waals surface area contributed by atoms with Gasteiger partial charge in [0.2, 0.25) is 0 Å². The lowest BCUT2D eigenvalue weighted by molar-refractivity contribution is -0.114. The Labute approximate surface area is 91.1 Å². The number of ketones is 1. The minimum Gasteiger partial charge on any atom is -0.358 e. The minimum atomic E-state index is 0.208. The molecule has 2 nitrogen and oxygen atoms in total. The van der Waals surface area contributed by atoms with Gasteiger partial charge < -0.3 is 5.32 Å². The normalized spacial score (nSPS) is 15.5. The summed E-state index contributed by atoms with van der Waals surface area (Å²) in [5.41, 5.74) is 2.01. The van der Waals surface area contributed by atoms with Gasteiger partial charge in [0.05, 0.1) is 5.69 Å². The molecule has 0 bridgehead atoms. The first-order valence-corrected chi connectivity index (χ1v) is 5.30. The van der Waals surface area contributed by atoms with Crippen LogP contribution in [0.15, 0.2) is 40.5 Å². The lowest BCUT2D eigenvalue weighted by Gasteiger charge is -2.07. The highest BCUT2D eigenvalue weighted by molar-refractivity contribution is 9.10. The van der Waals surface area contributed by atoms with Crippen molar-refractivity contribution in [2.24, 2.45) is 0 Å². The second-order valence-electron chi connectivity index (χ2n) is 3.24. The Morgan fingerprint density at radius 3 is 2.64 bits per heavy atom. The van der Waals surface area contributed by atoms with E-state index in [4.69, 9.17) is 0 Å². The van der Waals surface area contributed by atoms with Crippen molar-refractivity contribution in [3.05, 3.63) is 40.5 Å². The number of nitrogens with one attached hydrogen (secondary N) is 1. The number of carbonyl (C=O) groups is 1. The van der Waals surface area contributed by atoms with Crippen LogP contribution >= 0.6 is 15.9 Å². The molecule has 0 aromatic heterocycles. The van der Waals surface area contributed by atoms with Gasteiger partial charge in [-0.25, -0.2) is 0 Å². The SMILES string of the molecule is O=C1C=C(Nc2ccccc2Br)CC1. The van der Waals surface area contributed by atoms with Crippen molar-refractivity contribution in [3.8, 4) is 0 Å². The molecule has 0 saturated carbocycles. The molecule has 0 spiro atoms. The number of para-hydroxylation sites is 1. The maximum absolute atomic E-state index is 11.0. The average Bonchev–Trinajstić information content (AvgIpc) is 2.56. The third-order valence-electron chi connectivity index (χ3n) is 2.15. The Bertz CT molecular complexity index is 398. The summed E-state index contributed by atoms with van der Waals surface area (Å²) in [4.78, 5) is 11.0. The van der Waals surface area contributed by atoms with Crippen LogP contribution in [0.4, 0.5) is 5.69 Å². The van der Waals surface area contributed by atoms with Crippen molar-refractivity contribution in [2.75, 3.05) is 5.32 Å². The van der Waals surface area contributed by atoms with Crippen LogP contribution in [0.2, 0.25) is 0 Å². The molecule has 0 unspecified atom stereocenters. The second-order valence-corrected chi connectivity index (χ2v) is 4.10. The summed E-state index contributed by atoms with van der Waals surface area (Å²) >= 11 is 3.44. The second kappa shape index (κ2) is 3.96. The molecule has 72 valence electrons. The summed E-state index contributed by atoms with van der Waals surface area (Å²) in [6.45, 7) is 0. The smallest absolute Gasteiger partial charge is 0.157 e. The van der Waals surface area contributed by atoms with Crippen LogP contribution in [-0.2, 0) is 4.79 Å². The molecule has 1 aromatic carbocycles. The van der Waals surface area contributed by atoms with Gasteiger partial charge in [-0.05, 0) is 34.5 Å². The zero-order valence-corrected chi connectivity index (χ0v) is 9.17. The number of allylic oxidation sites excluding steroid dienone is 2. The van der Waals surface area contributed by atoms with Gasteiger partial charge in [0, 0.05) is 22.7 Å². The Morgan fingerprint density at radius 2 is 2.00 bits per heavy atom. The van der Waals surface area contributed by atoms with E-state index < -0.39 is 0 Å².